The zero-order valence-corrected chi connectivity index (χ0v) is 16.0. The number of unbranched alkanes of at least 4 members (excludes halogenated alkanes) is 1. The van der Waals surface area contributed by atoms with Gasteiger partial charge in [-0.3, -0.25) is 14.3 Å². The first-order valence-corrected chi connectivity index (χ1v) is 8.56. The van der Waals surface area contributed by atoms with Crippen molar-refractivity contribution < 1.29 is 14.7 Å². The predicted molar refractivity (Wildman–Crippen MR) is 99.8 cm³/mol. The van der Waals surface area contributed by atoms with Crippen molar-refractivity contribution >= 4 is 18.3 Å². The summed E-state index contributed by atoms with van der Waals surface area (Å²) in [5.41, 5.74) is 0.743. The first-order chi connectivity index (χ1) is 11.9. The van der Waals surface area contributed by atoms with Crippen LogP contribution in [-0.2, 0) is 16.6 Å². The third kappa shape index (κ3) is 14.9. The Bertz CT molecular complexity index is 557. The Morgan fingerprint density at radius 3 is 2.36 bits per heavy atom. The topological polar surface area (TPSA) is 96.0 Å². The zero-order chi connectivity index (χ0) is 19.7. The summed E-state index contributed by atoms with van der Waals surface area (Å²) in [6.45, 7) is 8.00. The Morgan fingerprint density at radius 2 is 2.00 bits per heavy atom. The lowest BCUT2D eigenvalue weighted by Crippen LogP contribution is -1.94. The molecule has 0 aromatic carbocycles. The Labute approximate surface area is 151 Å². The molecule has 0 bridgehead atoms. The van der Waals surface area contributed by atoms with E-state index in [4.69, 9.17) is 15.2 Å². The van der Waals surface area contributed by atoms with Gasteiger partial charge in [-0.25, -0.2) is 0 Å². The number of nitrogens with zero attached hydrogens (tertiary/aromatic N) is 3. The van der Waals surface area contributed by atoms with Gasteiger partial charge >= 0.3 is 0 Å². The lowest BCUT2D eigenvalue weighted by molar-refractivity contribution is -0.122. The molecule has 0 amide bonds. The van der Waals surface area contributed by atoms with Crippen molar-refractivity contribution in [1.82, 2.24) is 9.78 Å². The highest BCUT2D eigenvalue weighted by molar-refractivity contribution is 6.01. The highest BCUT2D eigenvalue weighted by Gasteiger charge is 2.02. The Kier molecular flexibility index (Phi) is 16.3. The molecule has 0 saturated heterocycles. The lowest BCUT2D eigenvalue weighted by Gasteiger charge is -2.07. The van der Waals surface area contributed by atoms with Gasteiger partial charge in [0.1, 0.15) is 6.07 Å². The van der Waals surface area contributed by atoms with Crippen molar-refractivity contribution in [1.29, 1.82) is 5.26 Å². The maximum Gasteiger partial charge on any atom is 0.290 e. The number of carbonyl (C=O) groups is 2. The van der Waals surface area contributed by atoms with Crippen LogP contribution in [0.5, 0.6) is 0 Å². The second-order valence-electron chi connectivity index (χ2n) is 5.78. The van der Waals surface area contributed by atoms with Gasteiger partial charge in [-0.2, -0.15) is 10.4 Å². The summed E-state index contributed by atoms with van der Waals surface area (Å²) >= 11 is 0. The van der Waals surface area contributed by atoms with E-state index in [1.807, 2.05) is 6.07 Å². The van der Waals surface area contributed by atoms with E-state index < -0.39 is 0 Å². The zero-order valence-electron chi connectivity index (χ0n) is 16.0. The van der Waals surface area contributed by atoms with Crippen LogP contribution in [0.2, 0.25) is 0 Å². The molecule has 140 valence electrons. The monoisotopic (exact) mass is 349 g/mol. The van der Waals surface area contributed by atoms with Gasteiger partial charge in [0.05, 0.1) is 11.3 Å². The molecule has 0 aliphatic rings. The Hall–Kier alpha value is -2.42. The Morgan fingerprint density at radius 1 is 1.40 bits per heavy atom. The van der Waals surface area contributed by atoms with Crippen molar-refractivity contribution in [2.45, 2.75) is 59.8 Å². The minimum atomic E-state index is -0.250. The second-order valence-corrected chi connectivity index (χ2v) is 5.78. The number of hydrogen-bond acceptors (Lipinski definition) is 4. The van der Waals surface area contributed by atoms with E-state index in [-0.39, 0.29) is 17.8 Å². The van der Waals surface area contributed by atoms with Crippen LogP contribution in [0.15, 0.2) is 17.8 Å². The Balaban J connectivity index is 0. The molecule has 0 fully saturated rings. The fourth-order valence-corrected chi connectivity index (χ4v) is 2.06. The molecule has 0 saturated carbocycles. The maximum atomic E-state index is 10.9. The third-order valence-electron chi connectivity index (χ3n) is 3.36. The number of hydrogen-bond donors (Lipinski definition) is 1. The van der Waals surface area contributed by atoms with Crippen LogP contribution < -0.4 is 0 Å². The van der Waals surface area contributed by atoms with Crippen LogP contribution in [-0.4, -0.2) is 27.1 Å². The van der Waals surface area contributed by atoms with Gasteiger partial charge in [0, 0.05) is 13.2 Å². The van der Waals surface area contributed by atoms with E-state index in [0.29, 0.717) is 5.69 Å². The van der Waals surface area contributed by atoms with Crippen molar-refractivity contribution in [3.8, 4) is 6.07 Å². The van der Waals surface area contributed by atoms with E-state index in [0.717, 1.165) is 5.92 Å². The summed E-state index contributed by atoms with van der Waals surface area (Å²) < 4.78 is 1.61. The molecule has 1 unspecified atom stereocenters. The van der Waals surface area contributed by atoms with E-state index in [1.165, 1.54) is 45.1 Å². The average molecular weight is 349 g/mol. The highest BCUT2D eigenvalue weighted by atomic mass is 16.3. The molecule has 0 aliphatic heterocycles. The standard InChI is InChI=1S/C9H9N3O.C9H20.CH2O2/c1-7(13)8(6-10)5-9-3-4-12(2)11-9;1-4-6-8-9(3)7-5-2;2-1-3/h3-5H,1-2H3;9H,4-8H2,1-3H3;1H,(H,2,3)/b8-5+;;. The fourth-order valence-electron chi connectivity index (χ4n) is 2.06. The van der Waals surface area contributed by atoms with E-state index >= 15 is 0 Å². The predicted octanol–water partition coefficient (Wildman–Crippen LogP) is 4.23. The smallest absolute Gasteiger partial charge is 0.290 e. The summed E-state index contributed by atoms with van der Waals surface area (Å²) in [7, 11) is 1.77. The van der Waals surface area contributed by atoms with Gasteiger partial charge in [-0.05, 0) is 25.0 Å². The molecule has 0 aliphatic carbocycles. The SMILES string of the molecule is CC(=O)/C(C#N)=C/c1ccn(C)n1.CCCCC(C)CCC.O=CO. The van der Waals surface area contributed by atoms with Gasteiger partial charge in [0.25, 0.3) is 6.47 Å². The van der Waals surface area contributed by atoms with Crippen LogP contribution in [0.4, 0.5) is 0 Å². The van der Waals surface area contributed by atoms with E-state index in [1.54, 1.807) is 24.0 Å². The minimum Gasteiger partial charge on any atom is -0.483 e. The summed E-state index contributed by atoms with van der Waals surface area (Å²) in [4.78, 5) is 19.2. The number of rotatable bonds is 7. The van der Waals surface area contributed by atoms with Crippen molar-refractivity contribution in [3.05, 3.63) is 23.5 Å². The molecular formula is C19H31N3O3. The fraction of sp³-hybridized carbons (Fsp3) is 0.579. The molecule has 1 atom stereocenters. The summed E-state index contributed by atoms with van der Waals surface area (Å²) in [5.74, 6) is 0.725. The molecule has 0 radical (unpaired) electrons. The lowest BCUT2D eigenvalue weighted by atomic mass is 10.00. The number of aromatic nitrogens is 2. The van der Waals surface area contributed by atoms with Gasteiger partial charge in [0.15, 0.2) is 5.78 Å². The molecule has 6 heteroatoms. The average Bonchev–Trinajstić information content (AvgIpc) is 2.97. The highest BCUT2D eigenvalue weighted by Crippen LogP contribution is 2.12. The molecule has 1 aromatic heterocycles. The number of allylic oxidation sites excluding steroid dienone is 1. The van der Waals surface area contributed by atoms with Crippen LogP contribution in [0.3, 0.4) is 0 Å². The van der Waals surface area contributed by atoms with E-state index in [9.17, 15) is 4.79 Å². The molecule has 1 rings (SSSR count). The molecule has 1 heterocycles. The number of Topliss-reactive ketones (excluding diaryl/α,β-unsaturated/α-hetero) is 1. The maximum absolute atomic E-state index is 10.9. The normalized spacial score (nSPS) is 11.1. The van der Waals surface area contributed by atoms with Crippen LogP contribution in [0.25, 0.3) is 6.08 Å². The second kappa shape index (κ2) is 16.4. The third-order valence-corrected chi connectivity index (χ3v) is 3.36. The largest absolute Gasteiger partial charge is 0.483 e. The first-order valence-electron chi connectivity index (χ1n) is 8.56. The van der Waals surface area contributed by atoms with Crippen molar-refractivity contribution in [3.63, 3.8) is 0 Å². The van der Waals surface area contributed by atoms with Crippen LogP contribution >= 0.6 is 0 Å². The van der Waals surface area contributed by atoms with Crippen molar-refractivity contribution in [2.24, 2.45) is 13.0 Å². The number of ketones is 1. The van der Waals surface area contributed by atoms with Crippen molar-refractivity contribution in [2.75, 3.05) is 0 Å². The van der Waals surface area contributed by atoms with E-state index in [2.05, 4.69) is 25.9 Å². The first kappa shape index (κ1) is 24.8. The number of nitriles is 1. The van der Waals surface area contributed by atoms with Crippen LogP contribution in [0.1, 0.15) is 65.5 Å². The summed E-state index contributed by atoms with van der Waals surface area (Å²) in [5, 5.41) is 19.5. The van der Waals surface area contributed by atoms with Gasteiger partial charge in [-0.15, -0.1) is 0 Å². The molecular weight excluding hydrogens is 318 g/mol. The molecule has 0 spiro atoms. The summed E-state index contributed by atoms with van der Waals surface area (Å²) in [6.07, 6.45) is 10.2. The minimum absolute atomic E-state index is 0.124. The quantitative estimate of drug-likeness (QED) is 0.451. The number of carboxylic acid groups (broad SMARTS) is 1. The number of aryl methyl sites for hydroxylation is 1. The van der Waals surface area contributed by atoms with Gasteiger partial charge in [-0.1, -0.05) is 52.9 Å². The molecule has 1 N–H and O–H groups in total. The summed E-state index contributed by atoms with van der Waals surface area (Å²) in [6, 6.07) is 3.56. The van der Waals surface area contributed by atoms with Gasteiger partial charge in [0.2, 0.25) is 0 Å². The number of carbonyl (C=O) groups excluding carboxylic acids is 1. The molecule has 1 aromatic rings. The molecule has 6 nitrogen and oxygen atoms in total. The molecule has 25 heavy (non-hydrogen) atoms. The van der Waals surface area contributed by atoms with Gasteiger partial charge < -0.3 is 5.11 Å². The van der Waals surface area contributed by atoms with Crippen LogP contribution in [0, 0.1) is 17.2 Å².